The van der Waals surface area contributed by atoms with Crippen molar-refractivity contribution in [2.24, 2.45) is 0 Å². The molecule has 0 radical (unpaired) electrons. The first-order valence-corrected chi connectivity index (χ1v) is 6.43. The Hall–Kier alpha value is -2.03. The number of halogens is 2. The Kier molecular flexibility index (Phi) is 3.98. The maximum atomic E-state index is 14.0. The van der Waals surface area contributed by atoms with Gasteiger partial charge in [0.15, 0.2) is 0 Å². The minimum Gasteiger partial charge on any atom is -0.299 e. The smallest absolute Gasteiger partial charge is 0.141 e. The summed E-state index contributed by atoms with van der Waals surface area (Å²) in [6.45, 7) is 5.08. The van der Waals surface area contributed by atoms with Crippen LogP contribution in [0.2, 0.25) is 0 Å². The lowest BCUT2D eigenvalue weighted by Crippen LogP contribution is -2.15. The zero-order valence-corrected chi connectivity index (χ0v) is 11.7. The fourth-order valence-electron chi connectivity index (χ4n) is 2.44. The molecule has 0 aliphatic carbocycles. The molecule has 1 nitrogen and oxygen atoms in total. The largest absolute Gasteiger partial charge is 0.299 e. The van der Waals surface area contributed by atoms with Gasteiger partial charge in [-0.3, -0.25) is 4.79 Å². The number of aryl methyl sites for hydroxylation is 2. The van der Waals surface area contributed by atoms with Gasteiger partial charge in [-0.2, -0.15) is 0 Å². The molecule has 2 aromatic rings. The van der Waals surface area contributed by atoms with E-state index in [1.165, 1.54) is 25.1 Å². The highest BCUT2D eigenvalue weighted by molar-refractivity contribution is 5.87. The summed E-state index contributed by atoms with van der Waals surface area (Å²) in [5, 5.41) is 0. The average molecular weight is 274 g/mol. The second-order valence-corrected chi connectivity index (χ2v) is 5.04. The Morgan fingerprint density at radius 1 is 1.05 bits per heavy atom. The molecular formula is C17H16F2O. The molecule has 0 saturated heterocycles. The molecule has 0 fully saturated rings. The van der Waals surface area contributed by atoms with Gasteiger partial charge in [0.05, 0.1) is 5.92 Å². The first kappa shape index (κ1) is 14.4. The zero-order chi connectivity index (χ0) is 14.9. The molecule has 0 N–H and O–H groups in total. The van der Waals surface area contributed by atoms with E-state index in [1.54, 1.807) is 0 Å². The van der Waals surface area contributed by atoms with E-state index in [-0.39, 0.29) is 11.3 Å². The van der Waals surface area contributed by atoms with Crippen LogP contribution in [0.3, 0.4) is 0 Å². The van der Waals surface area contributed by atoms with Crippen LogP contribution in [0.5, 0.6) is 0 Å². The predicted octanol–water partition coefficient (Wildman–Crippen LogP) is 4.30. The van der Waals surface area contributed by atoms with Gasteiger partial charge >= 0.3 is 0 Å². The summed E-state index contributed by atoms with van der Waals surface area (Å²) in [6, 6.07) is 9.24. The number of hydrogen-bond acceptors (Lipinski definition) is 1. The molecule has 1 unspecified atom stereocenters. The van der Waals surface area contributed by atoms with Gasteiger partial charge in [0.25, 0.3) is 0 Å². The highest BCUT2D eigenvalue weighted by Gasteiger charge is 2.27. The van der Waals surface area contributed by atoms with E-state index >= 15 is 0 Å². The van der Waals surface area contributed by atoms with Crippen LogP contribution in [0.25, 0.3) is 0 Å². The fraction of sp³-hybridized carbons (Fsp3) is 0.235. The Morgan fingerprint density at radius 2 is 1.65 bits per heavy atom. The number of Topliss-reactive ketones (excluding diaryl/α,β-unsaturated/α-hetero) is 1. The summed E-state index contributed by atoms with van der Waals surface area (Å²) in [5.74, 6) is -2.56. The van der Waals surface area contributed by atoms with Crippen molar-refractivity contribution in [2.75, 3.05) is 0 Å². The monoisotopic (exact) mass is 274 g/mol. The highest BCUT2D eigenvalue weighted by Crippen LogP contribution is 2.32. The summed E-state index contributed by atoms with van der Waals surface area (Å²) in [4.78, 5) is 12.0. The van der Waals surface area contributed by atoms with E-state index < -0.39 is 17.6 Å². The number of rotatable bonds is 3. The second kappa shape index (κ2) is 5.53. The molecule has 0 spiro atoms. The van der Waals surface area contributed by atoms with Crippen molar-refractivity contribution in [3.8, 4) is 0 Å². The SMILES string of the molecule is CC(=O)C(c1cc(C)ccc1C)c1c(F)cccc1F. The quantitative estimate of drug-likeness (QED) is 0.815. The summed E-state index contributed by atoms with van der Waals surface area (Å²) in [5.41, 5.74) is 2.28. The predicted molar refractivity (Wildman–Crippen MR) is 74.8 cm³/mol. The Balaban J connectivity index is 2.69. The van der Waals surface area contributed by atoms with Gasteiger partial charge in [0.1, 0.15) is 17.4 Å². The van der Waals surface area contributed by atoms with Crippen LogP contribution < -0.4 is 0 Å². The fourth-order valence-corrected chi connectivity index (χ4v) is 2.44. The van der Waals surface area contributed by atoms with E-state index in [1.807, 2.05) is 32.0 Å². The van der Waals surface area contributed by atoms with Gasteiger partial charge in [-0.15, -0.1) is 0 Å². The van der Waals surface area contributed by atoms with E-state index in [9.17, 15) is 13.6 Å². The van der Waals surface area contributed by atoms with Gasteiger partial charge < -0.3 is 0 Å². The normalized spacial score (nSPS) is 12.2. The first-order chi connectivity index (χ1) is 9.41. The number of carbonyl (C=O) groups is 1. The number of carbonyl (C=O) groups excluding carboxylic acids is 1. The summed E-state index contributed by atoms with van der Waals surface area (Å²) >= 11 is 0. The molecule has 0 aliphatic heterocycles. The van der Waals surface area contributed by atoms with Crippen molar-refractivity contribution in [3.63, 3.8) is 0 Å². The Morgan fingerprint density at radius 3 is 2.20 bits per heavy atom. The minimum atomic E-state index is -0.906. The van der Waals surface area contributed by atoms with Crippen LogP contribution in [-0.2, 0) is 4.79 Å². The van der Waals surface area contributed by atoms with Crippen LogP contribution in [-0.4, -0.2) is 5.78 Å². The van der Waals surface area contributed by atoms with Crippen molar-refractivity contribution in [2.45, 2.75) is 26.7 Å². The average Bonchev–Trinajstić information content (AvgIpc) is 2.37. The second-order valence-electron chi connectivity index (χ2n) is 5.04. The van der Waals surface area contributed by atoms with Crippen LogP contribution >= 0.6 is 0 Å². The van der Waals surface area contributed by atoms with Crippen LogP contribution in [0.4, 0.5) is 8.78 Å². The lowest BCUT2D eigenvalue weighted by atomic mass is 9.84. The number of ketones is 1. The summed E-state index contributed by atoms with van der Waals surface area (Å²) in [7, 11) is 0. The summed E-state index contributed by atoms with van der Waals surface area (Å²) < 4.78 is 28.0. The van der Waals surface area contributed by atoms with Gasteiger partial charge in [0.2, 0.25) is 0 Å². The third-order valence-electron chi connectivity index (χ3n) is 3.44. The third kappa shape index (κ3) is 2.62. The third-order valence-corrected chi connectivity index (χ3v) is 3.44. The van der Waals surface area contributed by atoms with Crippen LogP contribution in [0.15, 0.2) is 36.4 Å². The Labute approximate surface area is 117 Å². The van der Waals surface area contributed by atoms with Gasteiger partial charge in [-0.25, -0.2) is 8.78 Å². The molecule has 2 aromatic carbocycles. The van der Waals surface area contributed by atoms with Crippen molar-refractivity contribution in [1.82, 2.24) is 0 Å². The van der Waals surface area contributed by atoms with Crippen molar-refractivity contribution < 1.29 is 13.6 Å². The molecule has 0 saturated carbocycles. The Bertz CT molecular complexity index is 642. The molecule has 2 rings (SSSR count). The van der Waals surface area contributed by atoms with E-state index in [0.717, 1.165) is 11.1 Å². The molecule has 0 bridgehead atoms. The molecular weight excluding hydrogens is 258 g/mol. The number of benzene rings is 2. The minimum absolute atomic E-state index is 0.172. The van der Waals surface area contributed by atoms with E-state index in [0.29, 0.717) is 5.56 Å². The van der Waals surface area contributed by atoms with Gasteiger partial charge in [-0.05, 0) is 44.0 Å². The molecule has 3 heteroatoms. The molecule has 20 heavy (non-hydrogen) atoms. The topological polar surface area (TPSA) is 17.1 Å². The van der Waals surface area contributed by atoms with Crippen molar-refractivity contribution in [1.29, 1.82) is 0 Å². The summed E-state index contributed by atoms with van der Waals surface area (Å²) in [6.07, 6.45) is 0. The first-order valence-electron chi connectivity index (χ1n) is 6.43. The number of hydrogen-bond donors (Lipinski definition) is 0. The lowest BCUT2D eigenvalue weighted by molar-refractivity contribution is -0.117. The molecule has 104 valence electrons. The van der Waals surface area contributed by atoms with Gasteiger partial charge in [-0.1, -0.05) is 29.8 Å². The lowest BCUT2D eigenvalue weighted by Gasteiger charge is -2.19. The standard InChI is InChI=1S/C17H16F2O/c1-10-7-8-11(2)13(9-10)16(12(3)20)17-14(18)5-4-6-15(17)19/h4-9,16H,1-3H3. The molecule has 0 aliphatic rings. The molecule has 0 heterocycles. The van der Waals surface area contributed by atoms with Crippen LogP contribution in [0, 0.1) is 25.5 Å². The van der Waals surface area contributed by atoms with Crippen molar-refractivity contribution in [3.05, 3.63) is 70.3 Å². The zero-order valence-electron chi connectivity index (χ0n) is 11.7. The highest BCUT2D eigenvalue weighted by atomic mass is 19.1. The van der Waals surface area contributed by atoms with E-state index in [2.05, 4.69) is 0 Å². The van der Waals surface area contributed by atoms with Crippen molar-refractivity contribution >= 4 is 5.78 Å². The van der Waals surface area contributed by atoms with Gasteiger partial charge in [0, 0.05) is 5.56 Å². The maximum absolute atomic E-state index is 14.0. The molecule has 1 atom stereocenters. The maximum Gasteiger partial charge on any atom is 0.141 e. The molecule has 0 aromatic heterocycles. The molecule has 0 amide bonds. The van der Waals surface area contributed by atoms with Crippen LogP contribution in [0.1, 0.15) is 35.1 Å². The van der Waals surface area contributed by atoms with E-state index in [4.69, 9.17) is 0 Å².